The molecule has 1 aliphatic rings. The van der Waals surface area contributed by atoms with E-state index in [4.69, 9.17) is 15.2 Å². The fourth-order valence-electron chi connectivity index (χ4n) is 4.57. The van der Waals surface area contributed by atoms with Gasteiger partial charge in [0.05, 0.1) is 13.7 Å². The Kier molecular flexibility index (Phi) is 8.18. The monoisotopic (exact) mass is 467 g/mol. The van der Waals surface area contributed by atoms with E-state index in [-0.39, 0.29) is 0 Å². The summed E-state index contributed by atoms with van der Waals surface area (Å²) in [7, 11) is 3.83. The third kappa shape index (κ3) is 5.77. The van der Waals surface area contributed by atoms with Gasteiger partial charge in [-0.2, -0.15) is 15.0 Å². The summed E-state index contributed by atoms with van der Waals surface area (Å²) in [6, 6.07) is 12.1. The number of nitrogens with zero attached hydrogens (tertiary/aromatic N) is 6. The third-order valence-electron chi connectivity index (χ3n) is 6.43. The van der Waals surface area contributed by atoms with E-state index in [2.05, 4.69) is 69.1 Å². The number of benzene rings is 1. The normalized spacial score (nSPS) is 17.3. The van der Waals surface area contributed by atoms with Gasteiger partial charge in [-0.1, -0.05) is 43.7 Å². The minimum atomic E-state index is 0.296. The molecule has 2 N–H and O–H groups in total. The molecule has 1 fully saturated rings. The van der Waals surface area contributed by atoms with Gasteiger partial charge in [0, 0.05) is 38.8 Å². The van der Waals surface area contributed by atoms with Gasteiger partial charge in [0.25, 0.3) is 6.01 Å². The molecule has 0 spiro atoms. The Bertz CT molecular complexity index is 1060. The number of aryl methyl sites for hydroxylation is 1. The van der Waals surface area contributed by atoms with Crippen LogP contribution in [0.5, 0.6) is 12.0 Å². The van der Waals surface area contributed by atoms with Gasteiger partial charge in [-0.3, -0.25) is 9.47 Å². The Hall–Kier alpha value is -2.91. The molecule has 0 saturated carbocycles. The maximum atomic E-state index is 6.17. The fraction of sp³-hybridized carbons (Fsp3) is 0.560. The molecule has 3 heterocycles. The van der Waals surface area contributed by atoms with Crippen molar-refractivity contribution in [3.63, 3.8) is 0 Å². The van der Waals surface area contributed by atoms with Crippen molar-refractivity contribution in [1.82, 2.24) is 29.3 Å². The zero-order chi connectivity index (χ0) is 23.9. The average molecular weight is 468 g/mol. The predicted octanol–water partition coefficient (Wildman–Crippen LogP) is 2.84. The number of piperazine rings is 1. The lowest BCUT2D eigenvalue weighted by atomic mass is 10.0. The van der Waals surface area contributed by atoms with E-state index in [0.29, 0.717) is 41.7 Å². The first kappa shape index (κ1) is 24.2. The molecule has 1 aromatic carbocycles. The van der Waals surface area contributed by atoms with Gasteiger partial charge in [0.15, 0.2) is 17.0 Å². The minimum absolute atomic E-state index is 0.296. The van der Waals surface area contributed by atoms with E-state index in [1.165, 1.54) is 5.56 Å². The van der Waals surface area contributed by atoms with Gasteiger partial charge >= 0.3 is 6.01 Å². The van der Waals surface area contributed by atoms with E-state index in [0.717, 1.165) is 58.4 Å². The summed E-state index contributed by atoms with van der Waals surface area (Å²) >= 11 is 0. The largest absolute Gasteiger partial charge is 0.468 e. The van der Waals surface area contributed by atoms with Crippen LogP contribution in [0.1, 0.15) is 31.7 Å². The summed E-state index contributed by atoms with van der Waals surface area (Å²) < 4.78 is 13.3. The maximum absolute atomic E-state index is 6.17. The molecule has 1 unspecified atom stereocenters. The van der Waals surface area contributed by atoms with Crippen molar-refractivity contribution in [2.75, 3.05) is 52.7 Å². The molecule has 0 aliphatic carbocycles. The second-order valence-electron chi connectivity index (χ2n) is 9.01. The molecule has 34 heavy (non-hydrogen) atoms. The van der Waals surface area contributed by atoms with Crippen LogP contribution in [-0.2, 0) is 13.0 Å². The zero-order valence-electron chi connectivity index (χ0n) is 20.6. The first-order chi connectivity index (χ1) is 16.6. The molecule has 184 valence electrons. The molecular formula is C25H37N7O2. The third-order valence-corrected chi connectivity index (χ3v) is 6.43. The van der Waals surface area contributed by atoms with Crippen LogP contribution in [0.15, 0.2) is 30.3 Å². The van der Waals surface area contributed by atoms with Crippen molar-refractivity contribution in [3.05, 3.63) is 35.9 Å². The van der Waals surface area contributed by atoms with Crippen molar-refractivity contribution in [3.8, 4) is 12.0 Å². The summed E-state index contributed by atoms with van der Waals surface area (Å²) in [5.41, 5.74) is 8.78. The van der Waals surface area contributed by atoms with Crippen LogP contribution >= 0.6 is 0 Å². The number of aromatic nitrogens is 4. The molecule has 2 aromatic heterocycles. The molecule has 1 saturated heterocycles. The Morgan fingerprint density at radius 1 is 1.06 bits per heavy atom. The Morgan fingerprint density at radius 3 is 2.65 bits per heavy atom. The highest BCUT2D eigenvalue weighted by atomic mass is 16.5. The lowest BCUT2D eigenvalue weighted by Gasteiger charge is -2.40. The number of methoxy groups -OCH3 is 1. The molecule has 4 rings (SSSR count). The van der Waals surface area contributed by atoms with Gasteiger partial charge in [-0.15, -0.1) is 0 Å². The zero-order valence-corrected chi connectivity index (χ0v) is 20.6. The molecule has 1 aliphatic heterocycles. The van der Waals surface area contributed by atoms with Gasteiger partial charge in [-0.05, 0) is 31.9 Å². The Morgan fingerprint density at radius 2 is 1.88 bits per heavy atom. The van der Waals surface area contributed by atoms with Gasteiger partial charge in [0.2, 0.25) is 0 Å². The Labute approximate surface area is 201 Å². The molecule has 1 atom stereocenters. The lowest BCUT2D eigenvalue weighted by molar-refractivity contribution is 0.0876. The van der Waals surface area contributed by atoms with Crippen molar-refractivity contribution < 1.29 is 9.47 Å². The number of hydrogen-bond donors (Lipinski definition) is 1. The quantitative estimate of drug-likeness (QED) is 0.430. The number of rotatable bonds is 11. The molecule has 0 bridgehead atoms. The van der Waals surface area contributed by atoms with Crippen molar-refractivity contribution >= 4 is 17.0 Å². The fourth-order valence-corrected chi connectivity index (χ4v) is 4.57. The van der Waals surface area contributed by atoms with Crippen molar-refractivity contribution in [2.24, 2.45) is 0 Å². The number of imidazole rings is 1. The molecule has 9 heteroatoms. The van der Waals surface area contributed by atoms with Crippen LogP contribution in [0, 0.1) is 0 Å². The SMILES string of the molecule is CCCCOc1nc(N)c2nc(OC)n(CCCN3CCN(C)CC3Cc3ccccc3)c2n1. The van der Waals surface area contributed by atoms with E-state index in [1.807, 2.05) is 4.57 Å². The van der Waals surface area contributed by atoms with Crippen LogP contribution < -0.4 is 15.2 Å². The highest BCUT2D eigenvalue weighted by Gasteiger charge is 2.25. The van der Waals surface area contributed by atoms with E-state index >= 15 is 0 Å². The van der Waals surface area contributed by atoms with Gasteiger partial charge in [-0.25, -0.2) is 0 Å². The molecule has 3 aromatic rings. The smallest absolute Gasteiger partial charge is 0.320 e. The van der Waals surface area contributed by atoms with E-state index in [1.54, 1.807) is 7.11 Å². The first-order valence-electron chi connectivity index (χ1n) is 12.3. The first-order valence-corrected chi connectivity index (χ1v) is 12.3. The van der Waals surface area contributed by atoms with Gasteiger partial charge < -0.3 is 20.1 Å². The number of fused-ring (bicyclic) bond motifs is 1. The number of anilines is 1. The summed E-state index contributed by atoms with van der Waals surface area (Å²) in [5, 5.41) is 0. The van der Waals surface area contributed by atoms with Crippen molar-refractivity contribution in [2.45, 2.75) is 45.2 Å². The van der Waals surface area contributed by atoms with Crippen LogP contribution in [0.3, 0.4) is 0 Å². The van der Waals surface area contributed by atoms with E-state index in [9.17, 15) is 0 Å². The standard InChI is InChI=1S/C25H37N7O2/c1-4-5-16-34-24-28-22(26)21-23(29-24)32(25(27-21)33-3)13-9-12-31-15-14-30(2)18-20(31)17-19-10-7-6-8-11-19/h6-8,10-11,20H,4-5,9,12-18H2,1-3H3,(H2,26,28,29). The lowest BCUT2D eigenvalue weighted by Crippen LogP contribution is -2.53. The van der Waals surface area contributed by atoms with Crippen molar-refractivity contribution in [1.29, 1.82) is 0 Å². The minimum Gasteiger partial charge on any atom is -0.468 e. The van der Waals surface area contributed by atoms with Crippen LogP contribution in [-0.4, -0.2) is 82.3 Å². The van der Waals surface area contributed by atoms with Crippen LogP contribution in [0.25, 0.3) is 11.2 Å². The maximum Gasteiger partial charge on any atom is 0.320 e. The van der Waals surface area contributed by atoms with Crippen LogP contribution in [0.4, 0.5) is 5.82 Å². The number of nitrogens with two attached hydrogens (primary N) is 1. The summed E-state index contributed by atoms with van der Waals surface area (Å²) in [6.07, 6.45) is 4.00. The summed E-state index contributed by atoms with van der Waals surface area (Å²) in [6.45, 7) is 7.65. The number of hydrogen-bond acceptors (Lipinski definition) is 8. The van der Waals surface area contributed by atoms with Crippen LogP contribution in [0.2, 0.25) is 0 Å². The molecule has 0 radical (unpaired) electrons. The predicted molar refractivity (Wildman–Crippen MR) is 134 cm³/mol. The molecular weight excluding hydrogens is 430 g/mol. The number of ether oxygens (including phenoxy) is 2. The second-order valence-corrected chi connectivity index (χ2v) is 9.01. The summed E-state index contributed by atoms with van der Waals surface area (Å²) in [5.74, 6) is 0.315. The molecule has 0 amide bonds. The summed E-state index contributed by atoms with van der Waals surface area (Å²) in [4.78, 5) is 18.5. The van der Waals surface area contributed by atoms with Gasteiger partial charge in [0.1, 0.15) is 0 Å². The van der Waals surface area contributed by atoms with E-state index < -0.39 is 0 Å². The number of nitrogen functional groups attached to an aromatic ring is 1. The second kappa shape index (κ2) is 11.5. The highest BCUT2D eigenvalue weighted by molar-refractivity contribution is 5.83. The Balaban J connectivity index is 1.46. The number of unbranched alkanes of at least 4 members (excludes halogenated alkanes) is 1. The molecule has 9 nitrogen and oxygen atoms in total. The highest BCUT2D eigenvalue weighted by Crippen LogP contribution is 2.26. The number of likely N-dealkylation sites (N-methyl/N-ethyl adjacent to an activating group) is 1. The average Bonchev–Trinajstić information content (AvgIpc) is 3.19. The topological polar surface area (TPSA) is 94.6 Å².